The van der Waals surface area contributed by atoms with Gasteiger partial charge in [0.15, 0.2) is 0 Å². The molecule has 0 aliphatic heterocycles. The maximum atomic E-state index is 13.5. The summed E-state index contributed by atoms with van der Waals surface area (Å²) < 4.78 is 53.8. The van der Waals surface area contributed by atoms with Gasteiger partial charge in [-0.2, -0.15) is 18.2 Å². The van der Waals surface area contributed by atoms with Crippen LogP contribution in [-0.2, 0) is 28.7 Å². The van der Waals surface area contributed by atoms with Crippen LogP contribution in [0.4, 0.5) is 24.9 Å². The molecule has 0 saturated carbocycles. The number of aromatic nitrogens is 2. The first-order chi connectivity index (χ1) is 23.9. The Hall–Kier alpha value is -5.83. The molecule has 11 nitrogen and oxygen atoms in total. The number of halogens is 3. The highest BCUT2D eigenvalue weighted by Gasteiger charge is 2.34. The van der Waals surface area contributed by atoms with E-state index >= 15 is 0 Å². The van der Waals surface area contributed by atoms with Crippen molar-refractivity contribution in [1.29, 1.82) is 0 Å². The van der Waals surface area contributed by atoms with Gasteiger partial charge in [0, 0.05) is 28.3 Å². The molecule has 1 aromatic heterocycles. The number of carbonyl (C=O) groups is 3. The number of carboxylic acid groups (broad SMARTS) is 1. The van der Waals surface area contributed by atoms with Crippen molar-refractivity contribution in [1.82, 2.24) is 15.0 Å². The molecule has 1 heterocycles. The lowest BCUT2D eigenvalue weighted by molar-refractivity contribution is -0.139. The van der Waals surface area contributed by atoms with Crippen LogP contribution in [0.5, 0.6) is 5.75 Å². The molecule has 4 aromatic carbocycles. The number of benzene rings is 4. The van der Waals surface area contributed by atoms with Gasteiger partial charge in [0.25, 0.3) is 5.91 Å². The van der Waals surface area contributed by atoms with Crippen molar-refractivity contribution in [3.05, 3.63) is 119 Å². The topological polar surface area (TPSA) is 147 Å². The summed E-state index contributed by atoms with van der Waals surface area (Å²) in [6, 6.07) is 23.9. The third kappa shape index (κ3) is 9.41. The van der Waals surface area contributed by atoms with Crippen LogP contribution in [0.1, 0.15) is 32.6 Å². The molecule has 0 bridgehead atoms. The molecule has 50 heavy (non-hydrogen) atoms. The van der Waals surface area contributed by atoms with Crippen molar-refractivity contribution in [3.8, 4) is 17.1 Å². The molecule has 0 unspecified atom stereocenters. The maximum Gasteiger partial charge on any atom is 0.416 e. The molecule has 0 spiro atoms. The number of carboxylic acids is 1. The van der Waals surface area contributed by atoms with Gasteiger partial charge < -0.3 is 24.6 Å². The van der Waals surface area contributed by atoms with E-state index in [1.165, 1.54) is 55.5 Å². The highest BCUT2D eigenvalue weighted by molar-refractivity contribution is 8.00. The molecule has 0 saturated heterocycles. The maximum absolute atomic E-state index is 13.5. The minimum Gasteiger partial charge on any atom is -0.497 e. The molecule has 0 aliphatic rings. The second-order valence-electron chi connectivity index (χ2n) is 11.0. The Balaban J connectivity index is 1.20. The summed E-state index contributed by atoms with van der Waals surface area (Å²) in [4.78, 5) is 44.0. The van der Waals surface area contributed by atoms with Crippen molar-refractivity contribution in [2.24, 2.45) is 0 Å². The lowest BCUT2D eigenvalue weighted by Gasteiger charge is -2.21. The van der Waals surface area contributed by atoms with E-state index in [1.54, 1.807) is 24.3 Å². The molecule has 0 atom stereocenters. The Labute approximate surface area is 288 Å². The van der Waals surface area contributed by atoms with Crippen LogP contribution in [0.25, 0.3) is 11.4 Å². The van der Waals surface area contributed by atoms with E-state index in [0.29, 0.717) is 17.0 Å². The van der Waals surface area contributed by atoms with E-state index in [2.05, 4.69) is 20.2 Å². The van der Waals surface area contributed by atoms with Crippen LogP contribution in [-0.4, -0.2) is 51.6 Å². The summed E-state index contributed by atoms with van der Waals surface area (Å²) in [6.07, 6.45) is -5.24. The number of carbonyl (C=O) groups excluding carboxylic acids is 2. The van der Waals surface area contributed by atoms with Crippen molar-refractivity contribution in [3.63, 3.8) is 0 Å². The summed E-state index contributed by atoms with van der Waals surface area (Å²) in [5.41, 5.74) is 1.60. The molecular weight excluding hydrogens is 675 g/mol. The Kier molecular flexibility index (Phi) is 11.1. The Morgan fingerprint density at radius 3 is 2.30 bits per heavy atom. The first-order valence-corrected chi connectivity index (χ1v) is 15.8. The molecular formula is C35H30F3N5O6S. The first-order valence-electron chi connectivity index (χ1n) is 15.0. The number of rotatable bonds is 13. The number of hydrogen-bond acceptors (Lipinski definition) is 9. The number of amides is 2. The van der Waals surface area contributed by atoms with Gasteiger partial charge in [-0.05, 0) is 78.5 Å². The lowest BCUT2D eigenvalue weighted by Crippen LogP contribution is -2.35. The zero-order valence-corrected chi connectivity index (χ0v) is 27.5. The van der Waals surface area contributed by atoms with E-state index < -0.39 is 42.5 Å². The fraction of sp³-hybridized carbons (Fsp3) is 0.171. The largest absolute Gasteiger partial charge is 0.497 e. The second kappa shape index (κ2) is 15.6. The Bertz CT molecular complexity index is 1970. The monoisotopic (exact) mass is 705 g/mol. The average molecular weight is 706 g/mol. The standard InChI is InChI=1S/C35H30F3N5O6S/c1-21-3-15-28(16-4-21)50-42-34-40-32(41-49-34)23-7-5-22(6-8-23)19-43(20-31(45)46)33(47)24-9-12-26(13-10-24)39-30(44)17-25-11-14-27(48-2)18-29(25)35(36,37)38/h3-16,18H,17,19-20H2,1-2H3,(H,39,44)(H,45,46)(H,40,41,42). The summed E-state index contributed by atoms with van der Waals surface area (Å²) >= 11 is 1.32. The van der Waals surface area contributed by atoms with E-state index in [-0.39, 0.29) is 35.1 Å². The van der Waals surface area contributed by atoms with Crippen molar-refractivity contribution >= 4 is 41.4 Å². The fourth-order valence-corrected chi connectivity index (χ4v) is 5.35. The van der Waals surface area contributed by atoms with Gasteiger partial charge in [0.1, 0.15) is 12.3 Å². The number of anilines is 2. The third-order valence-electron chi connectivity index (χ3n) is 7.29. The van der Waals surface area contributed by atoms with Gasteiger partial charge in [-0.1, -0.05) is 53.2 Å². The van der Waals surface area contributed by atoms with Crippen molar-refractivity contribution in [2.75, 3.05) is 23.7 Å². The summed E-state index contributed by atoms with van der Waals surface area (Å²) in [7, 11) is 1.24. The zero-order chi connectivity index (χ0) is 35.8. The second-order valence-corrected chi connectivity index (χ2v) is 11.9. The Morgan fingerprint density at radius 2 is 1.66 bits per heavy atom. The summed E-state index contributed by atoms with van der Waals surface area (Å²) in [5, 5.41) is 16.0. The van der Waals surface area contributed by atoms with Crippen LogP contribution in [0.15, 0.2) is 100 Å². The molecule has 5 rings (SSSR count). The predicted molar refractivity (Wildman–Crippen MR) is 180 cm³/mol. The van der Waals surface area contributed by atoms with Crippen molar-refractivity contribution < 1.29 is 41.9 Å². The molecule has 2 amide bonds. The number of nitrogens with one attached hydrogen (secondary N) is 2. The molecule has 3 N–H and O–H groups in total. The average Bonchev–Trinajstić information content (AvgIpc) is 3.57. The first kappa shape index (κ1) is 35.5. The van der Waals surface area contributed by atoms with Crippen LogP contribution < -0.4 is 14.8 Å². The normalized spacial score (nSPS) is 11.1. The molecule has 15 heteroatoms. The number of nitrogens with zero attached hydrogens (tertiary/aromatic N) is 3. The van der Waals surface area contributed by atoms with Crippen LogP contribution in [0, 0.1) is 6.92 Å². The predicted octanol–water partition coefficient (Wildman–Crippen LogP) is 7.10. The molecule has 0 aliphatic carbocycles. The highest BCUT2D eigenvalue weighted by atomic mass is 32.2. The summed E-state index contributed by atoms with van der Waals surface area (Å²) in [5.74, 6) is -2.16. The van der Waals surface area contributed by atoms with E-state index in [1.807, 2.05) is 31.2 Å². The van der Waals surface area contributed by atoms with Crippen LogP contribution in [0.3, 0.4) is 0 Å². The van der Waals surface area contributed by atoms with Crippen molar-refractivity contribution in [2.45, 2.75) is 31.0 Å². The quantitative estimate of drug-likeness (QED) is 0.108. The number of hydrogen-bond donors (Lipinski definition) is 3. The number of methoxy groups -OCH3 is 1. The number of aryl methyl sites for hydroxylation is 1. The van der Waals surface area contributed by atoms with Crippen LogP contribution >= 0.6 is 11.9 Å². The molecule has 5 aromatic rings. The highest BCUT2D eigenvalue weighted by Crippen LogP contribution is 2.35. The fourth-order valence-electron chi connectivity index (χ4n) is 4.79. The number of aliphatic carboxylic acids is 1. The van der Waals surface area contributed by atoms with Gasteiger partial charge in [-0.25, -0.2) is 0 Å². The van der Waals surface area contributed by atoms with Crippen LogP contribution in [0.2, 0.25) is 0 Å². The van der Waals surface area contributed by atoms with Gasteiger partial charge in [0.2, 0.25) is 11.7 Å². The van der Waals surface area contributed by atoms with E-state index in [4.69, 9.17) is 9.26 Å². The zero-order valence-electron chi connectivity index (χ0n) is 26.7. The van der Waals surface area contributed by atoms with E-state index in [9.17, 15) is 32.7 Å². The van der Waals surface area contributed by atoms with Gasteiger partial charge in [-0.3, -0.25) is 19.1 Å². The molecule has 0 radical (unpaired) electrons. The number of ether oxygens (including phenoxy) is 1. The van der Waals surface area contributed by atoms with E-state index in [0.717, 1.165) is 21.4 Å². The van der Waals surface area contributed by atoms with Gasteiger partial charge in [0.05, 0.1) is 19.1 Å². The van der Waals surface area contributed by atoms with Gasteiger partial charge in [-0.15, -0.1) is 0 Å². The lowest BCUT2D eigenvalue weighted by atomic mass is 10.0. The minimum absolute atomic E-state index is 0.00971. The summed E-state index contributed by atoms with van der Waals surface area (Å²) in [6.45, 7) is 1.39. The molecule has 258 valence electrons. The van der Waals surface area contributed by atoms with Gasteiger partial charge >= 0.3 is 18.2 Å². The molecule has 0 fully saturated rings. The SMILES string of the molecule is COc1ccc(CC(=O)Nc2ccc(C(=O)N(CC(=O)O)Cc3ccc(-c4noc(NSc5ccc(C)cc5)n4)cc3)cc2)c(C(F)(F)F)c1. The minimum atomic E-state index is -4.69. The Morgan fingerprint density at radius 1 is 0.960 bits per heavy atom. The smallest absolute Gasteiger partial charge is 0.416 e. The number of alkyl halides is 3. The third-order valence-corrected chi connectivity index (χ3v) is 8.08.